The second-order valence-corrected chi connectivity index (χ2v) is 8.18. The second-order valence-electron chi connectivity index (χ2n) is 8.18. The van der Waals surface area contributed by atoms with E-state index in [-0.39, 0.29) is 0 Å². The molecule has 0 spiro atoms. The van der Waals surface area contributed by atoms with Gasteiger partial charge in [0, 0.05) is 36.9 Å². The van der Waals surface area contributed by atoms with E-state index in [1.165, 1.54) is 17.5 Å². The van der Waals surface area contributed by atoms with E-state index in [2.05, 4.69) is 64.3 Å². The van der Waals surface area contributed by atoms with Crippen molar-refractivity contribution < 1.29 is 0 Å². The molecule has 144 valence electrons. The first-order valence-electron chi connectivity index (χ1n) is 10.1. The van der Waals surface area contributed by atoms with Crippen molar-refractivity contribution in [1.82, 2.24) is 20.9 Å². The molecule has 5 heteroatoms. The van der Waals surface area contributed by atoms with E-state index in [0.717, 1.165) is 38.2 Å². The number of nitrogen functional groups attached to an aromatic ring is 1. The maximum Gasteiger partial charge on any atom is 0.123 e. The molecule has 4 atom stereocenters. The fourth-order valence-electron chi connectivity index (χ4n) is 4.59. The molecule has 0 unspecified atom stereocenters. The van der Waals surface area contributed by atoms with Gasteiger partial charge >= 0.3 is 0 Å². The predicted octanol–water partition coefficient (Wildman–Crippen LogP) is 1.67. The highest BCUT2D eigenvalue weighted by Crippen LogP contribution is 2.20. The SMILES string of the molecule is Cc1cc(N)nc(C[C@H]2CNC[C@H]2N[C@H]2CN[C@H](Cc3ccccc3)C2)c1. The smallest absolute Gasteiger partial charge is 0.123 e. The maximum absolute atomic E-state index is 5.93. The van der Waals surface area contributed by atoms with Gasteiger partial charge in [0.1, 0.15) is 5.82 Å². The topological polar surface area (TPSA) is 75.0 Å². The van der Waals surface area contributed by atoms with Crippen LogP contribution in [0, 0.1) is 12.8 Å². The molecule has 5 N–H and O–H groups in total. The molecule has 0 bridgehead atoms. The lowest BCUT2D eigenvalue weighted by Gasteiger charge is -2.24. The number of rotatable bonds is 6. The number of pyridine rings is 1. The predicted molar refractivity (Wildman–Crippen MR) is 111 cm³/mol. The van der Waals surface area contributed by atoms with Gasteiger partial charge < -0.3 is 21.7 Å². The first kappa shape index (κ1) is 18.4. The Morgan fingerprint density at radius 1 is 1.11 bits per heavy atom. The molecule has 3 heterocycles. The van der Waals surface area contributed by atoms with Crippen LogP contribution in [0.15, 0.2) is 42.5 Å². The minimum absolute atomic E-state index is 0.496. The van der Waals surface area contributed by atoms with Crippen molar-refractivity contribution in [2.24, 2.45) is 5.92 Å². The number of nitrogens with one attached hydrogen (secondary N) is 3. The van der Waals surface area contributed by atoms with Crippen LogP contribution < -0.4 is 21.7 Å². The monoisotopic (exact) mass is 365 g/mol. The van der Waals surface area contributed by atoms with E-state index in [1.54, 1.807) is 0 Å². The zero-order chi connectivity index (χ0) is 18.6. The molecule has 27 heavy (non-hydrogen) atoms. The first-order chi connectivity index (χ1) is 13.2. The molecule has 2 aliphatic heterocycles. The minimum atomic E-state index is 0.496. The number of aryl methyl sites for hydroxylation is 1. The molecule has 4 rings (SSSR count). The van der Waals surface area contributed by atoms with Crippen molar-refractivity contribution in [2.45, 2.75) is 44.3 Å². The highest BCUT2D eigenvalue weighted by molar-refractivity contribution is 5.34. The summed E-state index contributed by atoms with van der Waals surface area (Å²) in [5, 5.41) is 11.2. The summed E-state index contributed by atoms with van der Waals surface area (Å²) in [5.41, 5.74) is 9.65. The van der Waals surface area contributed by atoms with E-state index < -0.39 is 0 Å². The summed E-state index contributed by atoms with van der Waals surface area (Å²) < 4.78 is 0. The van der Waals surface area contributed by atoms with Crippen LogP contribution in [0.1, 0.15) is 23.2 Å². The molecule has 0 radical (unpaired) electrons. The number of anilines is 1. The van der Waals surface area contributed by atoms with Gasteiger partial charge in [0.05, 0.1) is 0 Å². The summed E-state index contributed by atoms with van der Waals surface area (Å²) >= 11 is 0. The van der Waals surface area contributed by atoms with Crippen molar-refractivity contribution in [3.8, 4) is 0 Å². The molecule has 5 nitrogen and oxygen atoms in total. The molecule has 2 saturated heterocycles. The van der Waals surface area contributed by atoms with Gasteiger partial charge in [-0.15, -0.1) is 0 Å². The molecule has 1 aromatic carbocycles. The lowest BCUT2D eigenvalue weighted by atomic mass is 9.95. The third-order valence-electron chi connectivity index (χ3n) is 5.85. The minimum Gasteiger partial charge on any atom is -0.384 e. The van der Waals surface area contributed by atoms with Crippen molar-refractivity contribution >= 4 is 5.82 Å². The van der Waals surface area contributed by atoms with Crippen LogP contribution in [0.2, 0.25) is 0 Å². The number of nitrogens with zero attached hydrogens (tertiary/aromatic N) is 1. The number of hydrogen-bond acceptors (Lipinski definition) is 5. The largest absolute Gasteiger partial charge is 0.384 e. The van der Waals surface area contributed by atoms with Gasteiger partial charge in [0.2, 0.25) is 0 Å². The van der Waals surface area contributed by atoms with Crippen LogP contribution in [0.3, 0.4) is 0 Å². The number of aromatic nitrogens is 1. The van der Waals surface area contributed by atoms with Gasteiger partial charge in [0.15, 0.2) is 0 Å². The van der Waals surface area contributed by atoms with Gasteiger partial charge in [0.25, 0.3) is 0 Å². The third-order valence-corrected chi connectivity index (χ3v) is 5.85. The van der Waals surface area contributed by atoms with E-state index in [0.29, 0.717) is 29.9 Å². The summed E-state index contributed by atoms with van der Waals surface area (Å²) in [5.74, 6) is 1.19. The number of benzene rings is 1. The van der Waals surface area contributed by atoms with Crippen LogP contribution in [0.4, 0.5) is 5.82 Å². The van der Waals surface area contributed by atoms with Gasteiger partial charge in [-0.05, 0) is 61.9 Å². The number of hydrogen-bond donors (Lipinski definition) is 4. The lowest BCUT2D eigenvalue weighted by Crippen LogP contribution is -2.44. The van der Waals surface area contributed by atoms with Crippen molar-refractivity contribution in [3.05, 3.63) is 59.3 Å². The van der Waals surface area contributed by atoms with Gasteiger partial charge in [-0.3, -0.25) is 0 Å². The van der Waals surface area contributed by atoms with Crippen molar-refractivity contribution in [2.75, 3.05) is 25.4 Å². The quantitative estimate of drug-likeness (QED) is 0.627. The van der Waals surface area contributed by atoms with E-state index in [9.17, 15) is 0 Å². The highest BCUT2D eigenvalue weighted by atomic mass is 15.1. The van der Waals surface area contributed by atoms with Gasteiger partial charge in [-0.25, -0.2) is 4.98 Å². The van der Waals surface area contributed by atoms with E-state index in [1.807, 2.05) is 6.07 Å². The Morgan fingerprint density at radius 2 is 1.96 bits per heavy atom. The lowest BCUT2D eigenvalue weighted by molar-refractivity contribution is 0.378. The second kappa shape index (κ2) is 8.38. The molecular formula is C22H31N5. The normalized spacial score (nSPS) is 27.9. The molecule has 0 aliphatic carbocycles. The highest BCUT2D eigenvalue weighted by Gasteiger charge is 2.32. The Morgan fingerprint density at radius 3 is 2.78 bits per heavy atom. The third kappa shape index (κ3) is 4.86. The van der Waals surface area contributed by atoms with E-state index >= 15 is 0 Å². The van der Waals surface area contributed by atoms with Crippen LogP contribution >= 0.6 is 0 Å². The Kier molecular flexibility index (Phi) is 5.72. The first-order valence-corrected chi connectivity index (χ1v) is 10.1. The van der Waals surface area contributed by atoms with Crippen LogP contribution in [0.25, 0.3) is 0 Å². The molecule has 0 amide bonds. The molecule has 2 aromatic rings. The Bertz CT molecular complexity index is 727. The Labute approximate surface area is 162 Å². The van der Waals surface area contributed by atoms with Crippen LogP contribution in [-0.4, -0.2) is 42.7 Å². The fourth-order valence-corrected chi connectivity index (χ4v) is 4.59. The van der Waals surface area contributed by atoms with Gasteiger partial charge in [-0.1, -0.05) is 30.3 Å². The zero-order valence-electron chi connectivity index (χ0n) is 16.1. The average molecular weight is 366 g/mol. The maximum atomic E-state index is 5.93. The average Bonchev–Trinajstić information content (AvgIpc) is 3.25. The Hall–Kier alpha value is -1.95. The van der Waals surface area contributed by atoms with E-state index in [4.69, 9.17) is 5.73 Å². The fraction of sp³-hybridized carbons (Fsp3) is 0.500. The van der Waals surface area contributed by atoms with Crippen molar-refractivity contribution in [1.29, 1.82) is 0 Å². The van der Waals surface area contributed by atoms with Crippen LogP contribution in [-0.2, 0) is 12.8 Å². The molecular weight excluding hydrogens is 334 g/mol. The molecule has 2 fully saturated rings. The summed E-state index contributed by atoms with van der Waals surface area (Å²) in [4.78, 5) is 4.53. The summed E-state index contributed by atoms with van der Waals surface area (Å²) in [6.07, 6.45) is 3.27. The summed E-state index contributed by atoms with van der Waals surface area (Å²) in [6, 6.07) is 16.5. The number of nitrogens with two attached hydrogens (primary N) is 1. The molecule has 2 aliphatic rings. The molecule has 0 saturated carbocycles. The van der Waals surface area contributed by atoms with Crippen molar-refractivity contribution in [3.63, 3.8) is 0 Å². The summed E-state index contributed by atoms with van der Waals surface area (Å²) in [7, 11) is 0. The van der Waals surface area contributed by atoms with Gasteiger partial charge in [-0.2, -0.15) is 0 Å². The molecule has 1 aromatic heterocycles. The Balaban J connectivity index is 1.31. The van der Waals surface area contributed by atoms with Crippen LogP contribution in [0.5, 0.6) is 0 Å². The standard InChI is InChI=1S/C22H31N5/c1-15-7-19(27-22(23)8-15)10-17-12-24-14-21(17)26-20-11-18(25-13-20)9-16-5-3-2-4-6-16/h2-8,17-18,20-21,24-26H,9-14H2,1H3,(H2,23,27)/t17-,18+,20+,21+/m0/s1. The summed E-state index contributed by atoms with van der Waals surface area (Å²) in [6.45, 7) is 5.21. The zero-order valence-corrected chi connectivity index (χ0v) is 16.1.